The number of amides is 1. The number of alkyl carbamates (subject to hydrolysis) is 1. The van der Waals surface area contributed by atoms with Crippen LogP contribution in [0.15, 0.2) is 42.5 Å². The molecule has 0 spiro atoms. The maximum atomic E-state index is 14.2. The lowest BCUT2D eigenvalue weighted by Gasteiger charge is -2.54. The van der Waals surface area contributed by atoms with Crippen LogP contribution in [0.2, 0.25) is 5.02 Å². The summed E-state index contributed by atoms with van der Waals surface area (Å²) in [5.74, 6) is -1.32. The van der Waals surface area contributed by atoms with Crippen molar-refractivity contribution in [2.45, 2.75) is 58.1 Å². The molecule has 1 saturated carbocycles. The lowest BCUT2D eigenvalue weighted by atomic mass is 9.55. The van der Waals surface area contributed by atoms with Gasteiger partial charge < -0.3 is 19.9 Å². The number of hydrogen-bond acceptors (Lipinski definition) is 4. The van der Waals surface area contributed by atoms with Crippen LogP contribution < -0.4 is 5.32 Å². The molecule has 0 aromatic heterocycles. The Morgan fingerprint density at radius 3 is 2.35 bits per heavy atom. The topological polar surface area (TPSA) is 84.9 Å². The zero-order valence-electron chi connectivity index (χ0n) is 19.9. The number of nitrogens with one attached hydrogen (secondary N) is 1. The van der Waals surface area contributed by atoms with Gasteiger partial charge in [0.2, 0.25) is 0 Å². The van der Waals surface area contributed by atoms with Gasteiger partial charge in [-0.05, 0) is 76.3 Å². The highest BCUT2D eigenvalue weighted by atomic mass is 35.5. The van der Waals surface area contributed by atoms with Gasteiger partial charge in [-0.25, -0.2) is 9.18 Å². The maximum absolute atomic E-state index is 14.2. The van der Waals surface area contributed by atoms with Crippen LogP contribution in [0.3, 0.4) is 0 Å². The van der Waals surface area contributed by atoms with E-state index in [1.807, 2.05) is 19.1 Å². The van der Waals surface area contributed by atoms with E-state index in [1.54, 1.807) is 39.0 Å². The van der Waals surface area contributed by atoms with Gasteiger partial charge in [-0.15, -0.1) is 0 Å². The number of rotatable bonds is 8. The Balaban J connectivity index is 1.84. The first-order valence-electron chi connectivity index (χ1n) is 11.2. The Bertz CT molecular complexity index is 1040. The van der Waals surface area contributed by atoms with Crippen molar-refractivity contribution in [2.75, 3.05) is 13.2 Å². The molecule has 0 radical (unpaired) electrons. The fraction of sp³-hybridized carbons (Fsp3) is 0.462. The number of ether oxygens (including phenoxy) is 2. The summed E-state index contributed by atoms with van der Waals surface area (Å²) in [4.78, 5) is 24.6. The van der Waals surface area contributed by atoms with Crippen LogP contribution in [0, 0.1) is 11.2 Å². The average molecular weight is 492 g/mol. The van der Waals surface area contributed by atoms with Gasteiger partial charge in [0, 0.05) is 22.7 Å². The summed E-state index contributed by atoms with van der Waals surface area (Å²) in [5, 5.41) is 13.2. The second-order valence-electron chi connectivity index (χ2n) is 9.98. The molecule has 0 aliphatic heterocycles. The predicted octanol–water partition coefficient (Wildman–Crippen LogP) is 5.85. The van der Waals surface area contributed by atoms with Crippen molar-refractivity contribution in [3.8, 4) is 11.1 Å². The Kier molecular flexibility index (Phi) is 7.58. The number of carbonyl (C=O) groups is 2. The van der Waals surface area contributed by atoms with E-state index >= 15 is 0 Å². The third kappa shape index (κ3) is 6.07. The van der Waals surface area contributed by atoms with E-state index in [9.17, 15) is 19.1 Å². The average Bonchev–Trinajstić information content (AvgIpc) is 2.71. The molecule has 0 saturated heterocycles. The van der Waals surface area contributed by atoms with Gasteiger partial charge in [0.1, 0.15) is 11.4 Å². The standard InChI is InChI=1S/C26H31ClFNO5/c1-5-33-16-25(22(30)31)14-26(15-25,29-23(32)34-24(2,3)4)13-17-6-8-18(9-7-17)20-12-19(27)10-11-21(20)28/h6-12H,5,13-16H2,1-4H3,(H,29,32)(H,30,31)/t25-,26-. The van der Waals surface area contributed by atoms with Crippen LogP contribution in [0.1, 0.15) is 46.1 Å². The van der Waals surface area contributed by atoms with Crippen LogP contribution >= 0.6 is 11.6 Å². The lowest BCUT2D eigenvalue weighted by molar-refractivity contribution is -0.168. The molecule has 6 nitrogen and oxygen atoms in total. The molecule has 3 rings (SSSR count). The molecule has 1 aliphatic rings. The first kappa shape index (κ1) is 26.0. The van der Waals surface area contributed by atoms with E-state index in [2.05, 4.69) is 5.32 Å². The molecular weight excluding hydrogens is 461 g/mol. The fourth-order valence-electron chi connectivity index (χ4n) is 4.55. The lowest BCUT2D eigenvalue weighted by Crippen LogP contribution is -2.67. The van der Waals surface area contributed by atoms with E-state index in [1.165, 1.54) is 12.1 Å². The molecule has 1 amide bonds. The highest BCUT2D eigenvalue weighted by molar-refractivity contribution is 6.30. The van der Waals surface area contributed by atoms with Crippen LogP contribution in [0.4, 0.5) is 9.18 Å². The van der Waals surface area contributed by atoms with Gasteiger partial charge in [0.15, 0.2) is 0 Å². The Morgan fingerprint density at radius 2 is 1.79 bits per heavy atom. The number of carboxylic acids is 1. The molecule has 34 heavy (non-hydrogen) atoms. The Labute approximate surface area is 204 Å². The zero-order chi connectivity index (χ0) is 25.1. The molecule has 2 N–H and O–H groups in total. The Hall–Kier alpha value is -2.64. The van der Waals surface area contributed by atoms with E-state index < -0.39 is 28.6 Å². The summed E-state index contributed by atoms with van der Waals surface area (Å²) in [5.41, 5.74) is -0.631. The number of aliphatic carboxylic acids is 1. The van der Waals surface area contributed by atoms with Gasteiger partial charge in [0.25, 0.3) is 0 Å². The van der Waals surface area contributed by atoms with Crippen molar-refractivity contribution in [2.24, 2.45) is 5.41 Å². The summed E-state index contributed by atoms with van der Waals surface area (Å²) in [6.45, 7) is 7.59. The van der Waals surface area contributed by atoms with E-state index in [-0.39, 0.29) is 25.3 Å². The molecule has 0 atom stereocenters. The quantitative estimate of drug-likeness (QED) is 0.483. The van der Waals surface area contributed by atoms with Gasteiger partial charge >= 0.3 is 12.1 Å². The molecule has 0 bridgehead atoms. The molecule has 184 valence electrons. The normalized spacial score (nSPS) is 22.1. The smallest absolute Gasteiger partial charge is 0.408 e. The summed E-state index contributed by atoms with van der Waals surface area (Å²) in [7, 11) is 0. The monoisotopic (exact) mass is 491 g/mol. The number of benzene rings is 2. The maximum Gasteiger partial charge on any atom is 0.408 e. The van der Waals surface area contributed by atoms with Crippen molar-refractivity contribution < 1.29 is 28.6 Å². The van der Waals surface area contributed by atoms with Crippen LogP contribution in [0.5, 0.6) is 0 Å². The van der Waals surface area contributed by atoms with Crippen molar-refractivity contribution in [1.82, 2.24) is 5.32 Å². The van der Waals surface area contributed by atoms with Gasteiger partial charge in [0.05, 0.1) is 12.0 Å². The molecule has 1 fully saturated rings. The molecule has 0 unspecified atom stereocenters. The minimum Gasteiger partial charge on any atom is -0.481 e. The van der Waals surface area contributed by atoms with Crippen molar-refractivity contribution >= 4 is 23.7 Å². The first-order valence-corrected chi connectivity index (χ1v) is 11.6. The summed E-state index contributed by atoms with van der Waals surface area (Å²) >= 11 is 6.02. The predicted molar refractivity (Wildman–Crippen MR) is 128 cm³/mol. The fourth-order valence-corrected chi connectivity index (χ4v) is 4.72. The Morgan fingerprint density at radius 1 is 1.15 bits per heavy atom. The second kappa shape index (κ2) is 9.92. The van der Waals surface area contributed by atoms with Crippen LogP contribution in [-0.4, -0.2) is 41.5 Å². The van der Waals surface area contributed by atoms with E-state index in [0.29, 0.717) is 29.2 Å². The number of hydrogen-bond donors (Lipinski definition) is 2. The highest BCUT2D eigenvalue weighted by Gasteiger charge is 2.60. The summed E-state index contributed by atoms with van der Waals surface area (Å²) < 4.78 is 25.1. The van der Waals surface area contributed by atoms with Gasteiger partial charge in [-0.1, -0.05) is 35.9 Å². The van der Waals surface area contributed by atoms with Gasteiger partial charge in [-0.3, -0.25) is 4.79 Å². The van der Waals surface area contributed by atoms with Crippen LogP contribution in [-0.2, 0) is 20.7 Å². The SMILES string of the molecule is CCOC[C@]1(C(=O)O)C[C@](Cc2ccc(-c3cc(Cl)ccc3F)cc2)(NC(=O)OC(C)(C)C)C1. The van der Waals surface area contributed by atoms with Gasteiger partial charge in [-0.2, -0.15) is 0 Å². The largest absolute Gasteiger partial charge is 0.481 e. The molecule has 2 aromatic rings. The number of halogens is 2. The highest BCUT2D eigenvalue weighted by Crippen LogP contribution is 2.51. The molecule has 2 aromatic carbocycles. The minimum absolute atomic E-state index is 0.0730. The van der Waals surface area contributed by atoms with Crippen LogP contribution in [0.25, 0.3) is 11.1 Å². The first-order chi connectivity index (χ1) is 15.9. The molecule has 0 heterocycles. The molecule has 1 aliphatic carbocycles. The molecule has 8 heteroatoms. The third-order valence-electron chi connectivity index (χ3n) is 5.89. The second-order valence-corrected chi connectivity index (χ2v) is 10.4. The summed E-state index contributed by atoms with van der Waals surface area (Å²) in [6.07, 6.45) is 0.213. The van der Waals surface area contributed by atoms with E-state index in [4.69, 9.17) is 21.1 Å². The zero-order valence-corrected chi connectivity index (χ0v) is 20.7. The number of carboxylic acid groups (broad SMARTS) is 1. The summed E-state index contributed by atoms with van der Waals surface area (Å²) in [6, 6.07) is 11.6. The van der Waals surface area contributed by atoms with Crippen molar-refractivity contribution in [3.05, 3.63) is 58.9 Å². The molecular formula is C26H31ClFNO5. The minimum atomic E-state index is -1.07. The van der Waals surface area contributed by atoms with Crippen molar-refractivity contribution in [3.63, 3.8) is 0 Å². The third-order valence-corrected chi connectivity index (χ3v) is 6.13. The van der Waals surface area contributed by atoms with Crippen molar-refractivity contribution in [1.29, 1.82) is 0 Å². The number of carbonyl (C=O) groups excluding carboxylic acids is 1. The van der Waals surface area contributed by atoms with E-state index in [0.717, 1.165) is 5.56 Å².